The van der Waals surface area contributed by atoms with Crippen molar-refractivity contribution in [2.24, 2.45) is 4.99 Å². The Morgan fingerprint density at radius 1 is 1.14 bits per heavy atom. The van der Waals surface area contributed by atoms with Crippen molar-refractivity contribution in [3.8, 4) is 5.75 Å². The molecule has 1 atom stereocenters. The van der Waals surface area contributed by atoms with Crippen molar-refractivity contribution in [2.75, 3.05) is 13.6 Å². The van der Waals surface area contributed by atoms with Gasteiger partial charge in [-0.3, -0.25) is 9.67 Å². The van der Waals surface area contributed by atoms with E-state index in [9.17, 15) is 4.39 Å². The fourth-order valence-electron chi connectivity index (χ4n) is 2.86. The molecule has 29 heavy (non-hydrogen) atoms. The number of hydrogen-bond acceptors (Lipinski definition) is 3. The second-order valence-electron chi connectivity index (χ2n) is 6.69. The van der Waals surface area contributed by atoms with Crippen LogP contribution in [0, 0.1) is 5.82 Å². The van der Waals surface area contributed by atoms with Gasteiger partial charge >= 0.3 is 0 Å². The maximum Gasteiger partial charge on any atom is 0.191 e. The van der Waals surface area contributed by atoms with Gasteiger partial charge in [-0.2, -0.15) is 5.10 Å². The van der Waals surface area contributed by atoms with E-state index in [-0.39, 0.29) is 17.7 Å². The third kappa shape index (κ3) is 6.34. The Morgan fingerprint density at radius 3 is 2.72 bits per heavy atom. The number of hydrogen-bond donors (Lipinski definition) is 2. The van der Waals surface area contributed by atoms with E-state index in [1.165, 1.54) is 11.6 Å². The van der Waals surface area contributed by atoms with E-state index in [4.69, 9.17) is 4.74 Å². The first-order valence-corrected chi connectivity index (χ1v) is 9.55. The molecule has 152 valence electrons. The van der Waals surface area contributed by atoms with Crippen LogP contribution in [0.15, 0.2) is 72.0 Å². The second kappa shape index (κ2) is 10.3. The molecule has 3 rings (SSSR count). The standard InChI is InChI=1S/C22H26FN5O/c1-17(29-21-10-4-3-9-20(21)23)14-25-22(24-2)26-15-18-7-5-8-19(13-18)16-28-12-6-11-27-28/h3-13,17H,14-16H2,1-2H3,(H2,24,25,26). The molecule has 1 heterocycles. The molecule has 0 amide bonds. The smallest absolute Gasteiger partial charge is 0.191 e. The number of nitrogens with zero attached hydrogens (tertiary/aromatic N) is 3. The van der Waals surface area contributed by atoms with Gasteiger partial charge in [0.15, 0.2) is 17.5 Å². The van der Waals surface area contributed by atoms with E-state index in [0.29, 0.717) is 19.0 Å². The van der Waals surface area contributed by atoms with E-state index < -0.39 is 0 Å². The Balaban J connectivity index is 1.47. The lowest BCUT2D eigenvalue weighted by atomic mass is 10.1. The van der Waals surface area contributed by atoms with Gasteiger partial charge in [0, 0.05) is 26.0 Å². The summed E-state index contributed by atoms with van der Waals surface area (Å²) in [5.41, 5.74) is 2.33. The molecule has 0 saturated carbocycles. The maximum atomic E-state index is 13.7. The van der Waals surface area contributed by atoms with Gasteiger partial charge in [-0.15, -0.1) is 0 Å². The zero-order valence-corrected chi connectivity index (χ0v) is 16.7. The number of ether oxygens (including phenoxy) is 1. The lowest BCUT2D eigenvalue weighted by Crippen LogP contribution is -2.41. The van der Waals surface area contributed by atoms with Gasteiger partial charge in [-0.25, -0.2) is 4.39 Å². The average Bonchev–Trinajstić information content (AvgIpc) is 3.23. The fraction of sp³-hybridized carbons (Fsp3) is 0.273. The minimum Gasteiger partial charge on any atom is -0.486 e. The number of aliphatic imine (C=N–C) groups is 1. The summed E-state index contributed by atoms with van der Waals surface area (Å²) in [4.78, 5) is 4.23. The Kier molecular flexibility index (Phi) is 7.22. The van der Waals surface area contributed by atoms with Crippen LogP contribution in [0.4, 0.5) is 4.39 Å². The van der Waals surface area contributed by atoms with E-state index in [0.717, 1.165) is 12.1 Å². The lowest BCUT2D eigenvalue weighted by molar-refractivity contribution is 0.214. The van der Waals surface area contributed by atoms with Gasteiger partial charge in [0.1, 0.15) is 6.10 Å². The molecule has 7 heteroatoms. The van der Waals surface area contributed by atoms with Crippen LogP contribution in [0.1, 0.15) is 18.1 Å². The number of aromatic nitrogens is 2. The molecular weight excluding hydrogens is 369 g/mol. The highest BCUT2D eigenvalue weighted by molar-refractivity contribution is 5.79. The van der Waals surface area contributed by atoms with Crippen LogP contribution in [-0.2, 0) is 13.1 Å². The summed E-state index contributed by atoms with van der Waals surface area (Å²) >= 11 is 0. The average molecular weight is 395 g/mol. The number of guanidine groups is 1. The Morgan fingerprint density at radius 2 is 1.97 bits per heavy atom. The topological polar surface area (TPSA) is 63.5 Å². The number of nitrogens with one attached hydrogen (secondary N) is 2. The molecule has 0 spiro atoms. The Bertz CT molecular complexity index is 926. The molecule has 1 aromatic heterocycles. The van der Waals surface area contributed by atoms with Gasteiger partial charge in [0.25, 0.3) is 0 Å². The molecule has 0 bridgehead atoms. The SMILES string of the molecule is CN=C(NCc1cccc(Cn2cccn2)c1)NCC(C)Oc1ccccc1F. The normalized spacial score (nSPS) is 12.4. The summed E-state index contributed by atoms with van der Waals surface area (Å²) in [7, 11) is 1.71. The van der Waals surface area contributed by atoms with Gasteiger partial charge in [-0.1, -0.05) is 36.4 Å². The highest BCUT2D eigenvalue weighted by Gasteiger charge is 2.09. The first-order chi connectivity index (χ1) is 14.1. The molecule has 0 aliphatic carbocycles. The van der Waals surface area contributed by atoms with Crippen LogP contribution in [-0.4, -0.2) is 35.4 Å². The van der Waals surface area contributed by atoms with Crippen molar-refractivity contribution < 1.29 is 9.13 Å². The zero-order valence-electron chi connectivity index (χ0n) is 16.7. The molecule has 2 aromatic carbocycles. The van der Waals surface area contributed by atoms with E-state index in [1.807, 2.05) is 29.9 Å². The first kappa shape index (κ1) is 20.4. The zero-order chi connectivity index (χ0) is 20.5. The van der Waals surface area contributed by atoms with E-state index in [1.54, 1.807) is 31.4 Å². The molecule has 0 radical (unpaired) electrons. The molecule has 1 unspecified atom stereocenters. The summed E-state index contributed by atoms with van der Waals surface area (Å²) < 4.78 is 21.2. The first-order valence-electron chi connectivity index (χ1n) is 9.55. The van der Waals surface area contributed by atoms with Crippen molar-refractivity contribution in [1.29, 1.82) is 0 Å². The molecule has 0 aliphatic rings. The Hall–Kier alpha value is -3.35. The molecular formula is C22H26FN5O. The highest BCUT2D eigenvalue weighted by atomic mass is 19.1. The molecule has 0 fully saturated rings. The molecule has 0 saturated heterocycles. The number of halogens is 1. The minimum atomic E-state index is -0.364. The largest absolute Gasteiger partial charge is 0.486 e. The minimum absolute atomic E-state index is 0.220. The van der Waals surface area contributed by atoms with Gasteiger partial charge in [0.2, 0.25) is 0 Å². The van der Waals surface area contributed by atoms with Gasteiger partial charge in [-0.05, 0) is 36.2 Å². The number of rotatable bonds is 8. The molecule has 0 aliphatic heterocycles. The van der Waals surface area contributed by atoms with Crippen molar-refractivity contribution >= 4 is 5.96 Å². The summed E-state index contributed by atoms with van der Waals surface area (Å²) in [6.45, 7) is 3.74. The predicted molar refractivity (Wildman–Crippen MR) is 112 cm³/mol. The Labute approximate surface area is 170 Å². The fourth-order valence-corrected chi connectivity index (χ4v) is 2.86. The quantitative estimate of drug-likeness (QED) is 0.454. The molecule has 2 N–H and O–H groups in total. The van der Waals surface area contributed by atoms with Crippen molar-refractivity contribution in [1.82, 2.24) is 20.4 Å². The van der Waals surface area contributed by atoms with Crippen LogP contribution in [0.2, 0.25) is 0 Å². The van der Waals surface area contributed by atoms with Crippen LogP contribution < -0.4 is 15.4 Å². The van der Waals surface area contributed by atoms with Crippen LogP contribution >= 0.6 is 0 Å². The van der Waals surface area contributed by atoms with Crippen molar-refractivity contribution in [2.45, 2.75) is 26.1 Å². The van der Waals surface area contributed by atoms with Gasteiger partial charge in [0.05, 0.1) is 13.1 Å². The predicted octanol–water partition coefficient (Wildman–Crippen LogP) is 3.20. The third-order valence-corrected chi connectivity index (χ3v) is 4.30. The highest BCUT2D eigenvalue weighted by Crippen LogP contribution is 2.16. The number of benzene rings is 2. The lowest BCUT2D eigenvalue weighted by Gasteiger charge is -2.18. The molecule has 6 nitrogen and oxygen atoms in total. The summed E-state index contributed by atoms with van der Waals surface area (Å²) in [5, 5.41) is 10.7. The molecule has 3 aromatic rings. The van der Waals surface area contributed by atoms with Crippen LogP contribution in [0.3, 0.4) is 0 Å². The van der Waals surface area contributed by atoms with E-state index in [2.05, 4.69) is 38.9 Å². The number of para-hydroxylation sites is 1. The summed E-state index contributed by atoms with van der Waals surface area (Å²) in [5.74, 6) is 0.544. The maximum absolute atomic E-state index is 13.7. The summed E-state index contributed by atoms with van der Waals surface area (Å²) in [6, 6.07) is 16.6. The van der Waals surface area contributed by atoms with Gasteiger partial charge < -0.3 is 15.4 Å². The monoisotopic (exact) mass is 395 g/mol. The van der Waals surface area contributed by atoms with Crippen molar-refractivity contribution in [3.63, 3.8) is 0 Å². The summed E-state index contributed by atoms with van der Waals surface area (Å²) in [6.07, 6.45) is 3.50. The van der Waals surface area contributed by atoms with Crippen molar-refractivity contribution in [3.05, 3.63) is 83.9 Å². The second-order valence-corrected chi connectivity index (χ2v) is 6.69. The van der Waals surface area contributed by atoms with Crippen LogP contribution in [0.5, 0.6) is 5.75 Å². The third-order valence-electron chi connectivity index (χ3n) is 4.30. The van der Waals surface area contributed by atoms with Crippen LogP contribution in [0.25, 0.3) is 0 Å². The van der Waals surface area contributed by atoms with E-state index >= 15 is 0 Å².